The van der Waals surface area contributed by atoms with Gasteiger partial charge in [0.05, 0.1) is 0 Å². The zero-order chi connectivity index (χ0) is 8.10. The zero-order valence-corrected chi connectivity index (χ0v) is 7.17. The molecule has 0 saturated heterocycles. The molecule has 11 heavy (non-hydrogen) atoms. The Morgan fingerprint density at radius 1 is 1.45 bits per heavy atom. The lowest BCUT2D eigenvalue weighted by atomic mass is 10.1. The van der Waals surface area contributed by atoms with Gasteiger partial charge in [0.15, 0.2) is 0 Å². The van der Waals surface area contributed by atoms with E-state index in [2.05, 4.69) is 42.6 Å². The Bertz CT molecular complexity index is 199. The highest BCUT2D eigenvalue weighted by Crippen LogP contribution is 2.04. The van der Waals surface area contributed by atoms with Crippen molar-refractivity contribution in [1.82, 2.24) is 5.32 Å². The van der Waals surface area contributed by atoms with Gasteiger partial charge in [-0.3, -0.25) is 0 Å². The SMILES string of the molecule is CNC1C=C/C(C)=C\C/C=C\1. The van der Waals surface area contributed by atoms with Crippen LogP contribution in [0.4, 0.5) is 0 Å². The van der Waals surface area contributed by atoms with E-state index in [4.69, 9.17) is 0 Å². The van der Waals surface area contributed by atoms with E-state index in [9.17, 15) is 0 Å². The fourth-order valence-electron chi connectivity index (χ4n) is 1.06. The summed E-state index contributed by atoms with van der Waals surface area (Å²) in [6, 6.07) is 0.402. The summed E-state index contributed by atoms with van der Waals surface area (Å²) < 4.78 is 0. The predicted octanol–water partition coefficient (Wildman–Crippen LogP) is 2.04. The molecule has 0 fully saturated rings. The predicted molar refractivity (Wildman–Crippen MR) is 49.5 cm³/mol. The molecule has 0 spiro atoms. The van der Waals surface area contributed by atoms with Gasteiger partial charge in [-0.05, 0) is 20.4 Å². The van der Waals surface area contributed by atoms with Gasteiger partial charge in [-0.25, -0.2) is 0 Å². The van der Waals surface area contributed by atoms with Crippen molar-refractivity contribution in [1.29, 1.82) is 0 Å². The molecule has 1 rings (SSSR count). The van der Waals surface area contributed by atoms with Crippen LogP contribution >= 0.6 is 0 Å². The summed E-state index contributed by atoms with van der Waals surface area (Å²) in [7, 11) is 1.97. The van der Waals surface area contributed by atoms with Gasteiger partial charge in [0.1, 0.15) is 0 Å². The van der Waals surface area contributed by atoms with Gasteiger partial charge in [0.25, 0.3) is 0 Å². The van der Waals surface area contributed by atoms with Crippen LogP contribution in [-0.2, 0) is 0 Å². The lowest BCUT2D eigenvalue weighted by Crippen LogP contribution is -2.19. The van der Waals surface area contributed by atoms with Crippen molar-refractivity contribution in [3.8, 4) is 0 Å². The van der Waals surface area contributed by atoms with Crippen molar-refractivity contribution in [3.05, 3.63) is 36.0 Å². The molecule has 0 radical (unpaired) electrons. The maximum Gasteiger partial charge on any atom is 0.0436 e. The molecule has 0 heterocycles. The molecule has 1 unspecified atom stereocenters. The van der Waals surface area contributed by atoms with Gasteiger partial charge in [-0.15, -0.1) is 0 Å². The van der Waals surface area contributed by atoms with Crippen molar-refractivity contribution in [2.45, 2.75) is 19.4 Å². The molecule has 0 bridgehead atoms. The quantitative estimate of drug-likeness (QED) is 0.562. The molecule has 0 saturated carbocycles. The summed E-state index contributed by atoms with van der Waals surface area (Å²) in [6.07, 6.45) is 12.0. The van der Waals surface area contributed by atoms with E-state index < -0.39 is 0 Å². The number of hydrogen-bond acceptors (Lipinski definition) is 1. The molecular weight excluding hydrogens is 134 g/mol. The van der Waals surface area contributed by atoms with E-state index in [0.717, 1.165) is 6.42 Å². The van der Waals surface area contributed by atoms with Crippen molar-refractivity contribution in [3.63, 3.8) is 0 Å². The van der Waals surface area contributed by atoms with Crippen LogP contribution < -0.4 is 5.32 Å². The molecule has 60 valence electrons. The fraction of sp³-hybridized carbons (Fsp3) is 0.400. The largest absolute Gasteiger partial charge is 0.310 e. The van der Waals surface area contributed by atoms with E-state index in [1.807, 2.05) is 7.05 Å². The lowest BCUT2D eigenvalue weighted by molar-refractivity contribution is 0.786. The Morgan fingerprint density at radius 3 is 3.00 bits per heavy atom. The van der Waals surface area contributed by atoms with Gasteiger partial charge < -0.3 is 5.32 Å². The van der Waals surface area contributed by atoms with Gasteiger partial charge in [-0.1, -0.05) is 36.0 Å². The van der Waals surface area contributed by atoms with Crippen LogP contribution in [0, 0.1) is 0 Å². The van der Waals surface area contributed by atoms with Crippen LogP contribution in [0.1, 0.15) is 13.3 Å². The molecule has 1 heteroatoms. The molecule has 1 atom stereocenters. The Kier molecular flexibility index (Phi) is 3.12. The minimum Gasteiger partial charge on any atom is -0.310 e. The third kappa shape index (κ3) is 2.72. The monoisotopic (exact) mass is 149 g/mol. The third-order valence-electron chi connectivity index (χ3n) is 1.82. The fourth-order valence-corrected chi connectivity index (χ4v) is 1.06. The first-order chi connectivity index (χ1) is 5.33. The standard InChI is InChI=1S/C10H15N/c1-9-5-3-4-6-10(11-2)8-7-9/h4-8,10-11H,3H2,1-2H3/b6-4-,8-7?,9-5-. The molecule has 1 aliphatic carbocycles. The van der Waals surface area contributed by atoms with Crippen LogP contribution in [-0.4, -0.2) is 13.1 Å². The molecule has 1 aliphatic rings. The second kappa shape index (κ2) is 4.14. The number of rotatable bonds is 1. The molecule has 0 aromatic rings. The highest BCUT2D eigenvalue weighted by molar-refractivity contribution is 5.23. The van der Waals surface area contributed by atoms with E-state index in [1.165, 1.54) is 5.57 Å². The highest BCUT2D eigenvalue weighted by atomic mass is 14.8. The van der Waals surface area contributed by atoms with E-state index in [1.54, 1.807) is 0 Å². The summed E-state index contributed by atoms with van der Waals surface area (Å²) in [5, 5.41) is 3.19. The van der Waals surface area contributed by atoms with Crippen LogP contribution in [0.15, 0.2) is 36.0 Å². The molecule has 0 amide bonds. The first-order valence-electron chi connectivity index (χ1n) is 4.02. The Hall–Kier alpha value is -0.820. The average molecular weight is 149 g/mol. The Morgan fingerprint density at radius 2 is 2.27 bits per heavy atom. The second-order valence-electron chi connectivity index (χ2n) is 2.79. The summed E-state index contributed by atoms with van der Waals surface area (Å²) in [5.74, 6) is 0. The average Bonchev–Trinajstić information content (AvgIpc) is 1.98. The lowest BCUT2D eigenvalue weighted by Gasteiger charge is -2.06. The summed E-state index contributed by atoms with van der Waals surface area (Å²) in [5.41, 5.74) is 1.34. The Balaban J connectivity index is 2.68. The zero-order valence-electron chi connectivity index (χ0n) is 7.17. The first-order valence-corrected chi connectivity index (χ1v) is 4.02. The van der Waals surface area contributed by atoms with Gasteiger partial charge in [-0.2, -0.15) is 0 Å². The topological polar surface area (TPSA) is 12.0 Å². The van der Waals surface area contributed by atoms with Crippen LogP contribution in [0.2, 0.25) is 0 Å². The summed E-state index contributed by atoms with van der Waals surface area (Å²) in [4.78, 5) is 0. The number of nitrogens with one attached hydrogen (secondary N) is 1. The van der Waals surface area contributed by atoms with Gasteiger partial charge in [0, 0.05) is 6.04 Å². The van der Waals surface area contributed by atoms with Crippen molar-refractivity contribution >= 4 is 0 Å². The normalized spacial score (nSPS) is 31.8. The minimum atomic E-state index is 0.402. The molecule has 0 aliphatic heterocycles. The molecule has 0 aromatic heterocycles. The molecule has 1 nitrogen and oxygen atoms in total. The van der Waals surface area contributed by atoms with Crippen LogP contribution in [0.3, 0.4) is 0 Å². The smallest absolute Gasteiger partial charge is 0.0436 e. The maximum atomic E-state index is 3.19. The maximum absolute atomic E-state index is 3.19. The van der Waals surface area contributed by atoms with E-state index >= 15 is 0 Å². The molecule has 0 aromatic carbocycles. The Labute approximate surface area is 68.5 Å². The summed E-state index contributed by atoms with van der Waals surface area (Å²) in [6.45, 7) is 2.13. The minimum absolute atomic E-state index is 0.402. The van der Waals surface area contributed by atoms with E-state index in [0.29, 0.717) is 6.04 Å². The summed E-state index contributed by atoms with van der Waals surface area (Å²) >= 11 is 0. The number of allylic oxidation sites excluding steroid dienone is 4. The van der Waals surface area contributed by atoms with Gasteiger partial charge in [0.2, 0.25) is 0 Å². The van der Waals surface area contributed by atoms with E-state index in [-0.39, 0.29) is 0 Å². The first kappa shape index (κ1) is 8.28. The van der Waals surface area contributed by atoms with Crippen molar-refractivity contribution < 1.29 is 0 Å². The third-order valence-corrected chi connectivity index (χ3v) is 1.82. The van der Waals surface area contributed by atoms with Crippen LogP contribution in [0.25, 0.3) is 0 Å². The van der Waals surface area contributed by atoms with Crippen molar-refractivity contribution in [2.24, 2.45) is 0 Å². The van der Waals surface area contributed by atoms with Gasteiger partial charge >= 0.3 is 0 Å². The molecular formula is C10H15N. The highest BCUT2D eigenvalue weighted by Gasteiger charge is 1.95. The van der Waals surface area contributed by atoms with Crippen molar-refractivity contribution in [2.75, 3.05) is 7.05 Å². The molecule has 1 N–H and O–H groups in total. The van der Waals surface area contributed by atoms with Crippen LogP contribution in [0.5, 0.6) is 0 Å². The number of hydrogen-bond donors (Lipinski definition) is 1. The second-order valence-corrected chi connectivity index (χ2v) is 2.79. The number of likely N-dealkylation sites (N-methyl/N-ethyl adjacent to an activating group) is 1.